The van der Waals surface area contributed by atoms with Crippen LogP contribution in [0.15, 0.2) is 35.0 Å². The van der Waals surface area contributed by atoms with E-state index in [0.29, 0.717) is 11.3 Å². The molecule has 8 heteroatoms. The average molecular weight is 323 g/mol. The van der Waals surface area contributed by atoms with Gasteiger partial charge in [0, 0.05) is 11.1 Å². The number of carbonyl (C=O) groups excluding carboxylic acids is 1. The van der Waals surface area contributed by atoms with E-state index in [-0.39, 0.29) is 21.8 Å². The lowest BCUT2D eigenvalue weighted by Gasteiger charge is -2.05. The number of hydrogen-bond donors (Lipinski definition) is 2. The lowest BCUT2D eigenvalue weighted by molar-refractivity contribution is 0.0998. The molecule has 3 rings (SSSR count). The van der Waals surface area contributed by atoms with Crippen LogP contribution in [0.3, 0.4) is 0 Å². The van der Waals surface area contributed by atoms with Gasteiger partial charge in [-0.05, 0) is 24.3 Å². The Hall–Kier alpha value is -2.31. The van der Waals surface area contributed by atoms with Gasteiger partial charge in [0.1, 0.15) is 17.6 Å². The topological polar surface area (TPSA) is 94.0 Å². The van der Waals surface area contributed by atoms with Crippen molar-refractivity contribution >= 4 is 51.5 Å². The molecule has 0 unspecified atom stereocenters. The molecule has 2 heterocycles. The van der Waals surface area contributed by atoms with E-state index in [9.17, 15) is 4.79 Å². The third kappa shape index (κ3) is 2.63. The molecule has 0 radical (unpaired) electrons. The number of fused-ring (bicyclic) bond motifs is 1. The van der Waals surface area contributed by atoms with Gasteiger partial charge in [-0.25, -0.2) is 9.97 Å². The summed E-state index contributed by atoms with van der Waals surface area (Å²) < 4.78 is 5.44. The fourth-order valence-corrected chi connectivity index (χ4v) is 2.21. The molecule has 21 heavy (non-hydrogen) atoms. The molecular formula is C13H8Cl2N4O2. The largest absolute Gasteiger partial charge is 0.451 e. The van der Waals surface area contributed by atoms with E-state index in [0.717, 1.165) is 5.39 Å². The number of anilines is 2. The van der Waals surface area contributed by atoms with Crippen LogP contribution in [-0.2, 0) is 0 Å². The monoisotopic (exact) mass is 322 g/mol. The van der Waals surface area contributed by atoms with Crippen LogP contribution in [0.25, 0.3) is 11.0 Å². The summed E-state index contributed by atoms with van der Waals surface area (Å²) in [5.74, 6) is -0.407. The number of hydrogen-bond acceptors (Lipinski definition) is 5. The first-order valence-electron chi connectivity index (χ1n) is 5.81. The molecule has 0 fully saturated rings. The van der Waals surface area contributed by atoms with Crippen molar-refractivity contribution in [2.75, 3.05) is 11.1 Å². The standard InChI is InChI=1S/C13H8Cl2N4O2/c14-11-10(12(15)18-5-17-11)19-13(20)9-4-6-3-7(16)1-2-8(6)21-9/h1-5H,16H2,(H,19,20). The molecule has 6 nitrogen and oxygen atoms in total. The van der Waals surface area contributed by atoms with Gasteiger partial charge in [0.15, 0.2) is 16.1 Å². The smallest absolute Gasteiger partial charge is 0.291 e. The highest BCUT2D eigenvalue weighted by atomic mass is 35.5. The number of nitrogens with one attached hydrogen (secondary N) is 1. The Morgan fingerprint density at radius 2 is 1.90 bits per heavy atom. The summed E-state index contributed by atoms with van der Waals surface area (Å²) in [5, 5.41) is 3.33. The summed E-state index contributed by atoms with van der Waals surface area (Å²) in [4.78, 5) is 19.7. The van der Waals surface area contributed by atoms with Gasteiger partial charge in [0.05, 0.1) is 0 Å². The number of benzene rings is 1. The van der Waals surface area contributed by atoms with Crippen LogP contribution in [0, 0.1) is 0 Å². The minimum Gasteiger partial charge on any atom is -0.451 e. The maximum absolute atomic E-state index is 12.2. The predicted molar refractivity (Wildman–Crippen MR) is 80.6 cm³/mol. The second-order valence-electron chi connectivity index (χ2n) is 4.19. The van der Waals surface area contributed by atoms with Crippen LogP contribution in [-0.4, -0.2) is 15.9 Å². The van der Waals surface area contributed by atoms with Gasteiger partial charge in [0.2, 0.25) is 0 Å². The quantitative estimate of drug-likeness (QED) is 0.557. The Labute approximate surface area is 128 Å². The Bertz CT molecular complexity index is 827. The van der Waals surface area contributed by atoms with E-state index >= 15 is 0 Å². The van der Waals surface area contributed by atoms with Crippen LogP contribution in [0.5, 0.6) is 0 Å². The molecule has 1 aromatic carbocycles. The number of amides is 1. The number of rotatable bonds is 2. The van der Waals surface area contributed by atoms with E-state index in [2.05, 4.69) is 15.3 Å². The maximum atomic E-state index is 12.2. The highest BCUT2D eigenvalue weighted by Crippen LogP contribution is 2.27. The lowest BCUT2D eigenvalue weighted by Crippen LogP contribution is -2.12. The second kappa shape index (κ2) is 5.23. The molecule has 3 aromatic rings. The number of nitrogens with zero attached hydrogens (tertiary/aromatic N) is 2. The Morgan fingerprint density at radius 1 is 1.19 bits per heavy atom. The zero-order chi connectivity index (χ0) is 15.0. The van der Waals surface area contributed by atoms with E-state index in [1.807, 2.05) is 0 Å². The van der Waals surface area contributed by atoms with Crippen molar-refractivity contribution in [1.29, 1.82) is 0 Å². The number of aromatic nitrogens is 2. The molecule has 0 bridgehead atoms. The summed E-state index contributed by atoms with van der Waals surface area (Å²) in [6, 6.07) is 6.66. The Kier molecular flexibility index (Phi) is 3.40. The Morgan fingerprint density at radius 3 is 2.62 bits per heavy atom. The summed E-state index contributed by atoms with van der Waals surface area (Å²) >= 11 is 11.7. The molecule has 0 atom stereocenters. The lowest BCUT2D eigenvalue weighted by atomic mass is 10.2. The molecule has 3 N–H and O–H groups in total. The fourth-order valence-electron chi connectivity index (χ4n) is 1.80. The highest BCUT2D eigenvalue weighted by molar-refractivity contribution is 6.38. The van der Waals surface area contributed by atoms with E-state index in [1.165, 1.54) is 6.33 Å². The van der Waals surface area contributed by atoms with Gasteiger partial charge in [0.25, 0.3) is 5.91 Å². The summed E-state index contributed by atoms with van der Waals surface area (Å²) in [6.07, 6.45) is 1.20. The molecule has 0 aliphatic heterocycles. The maximum Gasteiger partial charge on any atom is 0.291 e. The minimum atomic E-state index is -0.511. The van der Waals surface area contributed by atoms with Crippen molar-refractivity contribution < 1.29 is 9.21 Å². The fraction of sp³-hybridized carbons (Fsp3) is 0. The number of nitrogen functional groups attached to an aromatic ring is 1. The first-order chi connectivity index (χ1) is 10.0. The van der Waals surface area contributed by atoms with Crippen LogP contribution in [0.2, 0.25) is 10.3 Å². The molecule has 0 aliphatic rings. The second-order valence-corrected chi connectivity index (χ2v) is 4.91. The van der Waals surface area contributed by atoms with Crippen molar-refractivity contribution in [2.45, 2.75) is 0 Å². The third-order valence-corrected chi connectivity index (χ3v) is 3.33. The van der Waals surface area contributed by atoms with Crippen LogP contribution < -0.4 is 11.1 Å². The molecule has 106 valence electrons. The zero-order valence-electron chi connectivity index (χ0n) is 10.4. The minimum absolute atomic E-state index is 0.0451. The van der Waals surface area contributed by atoms with Crippen molar-refractivity contribution in [3.63, 3.8) is 0 Å². The number of furan rings is 1. The van der Waals surface area contributed by atoms with Crippen molar-refractivity contribution in [1.82, 2.24) is 9.97 Å². The average Bonchev–Trinajstić information content (AvgIpc) is 2.86. The zero-order valence-corrected chi connectivity index (χ0v) is 11.9. The van der Waals surface area contributed by atoms with Crippen LogP contribution in [0.4, 0.5) is 11.4 Å². The molecule has 0 aliphatic carbocycles. The molecular weight excluding hydrogens is 315 g/mol. The van der Waals surface area contributed by atoms with Gasteiger partial charge in [-0.15, -0.1) is 0 Å². The summed E-state index contributed by atoms with van der Waals surface area (Å²) in [7, 11) is 0. The molecule has 0 saturated heterocycles. The van der Waals surface area contributed by atoms with E-state index < -0.39 is 5.91 Å². The first kappa shape index (κ1) is 13.7. The molecule has 2 aromatic heterocycles. The van der Waals surface area contributed by atoms with Crippen LogP contribution in [0.1, 0.15) is 10.6 Å². The van der Waals surface area contributed by atoms with Crippen molar-refractivity contribution in [3.05, 3.63) is 46.7 Å². The Balaban J connectivity index is 1.94. The predicted octanol–water partition coefficient (Wildman–Crippen LogP) is 3.36. The number of nitrogens with two attached hydrogens (primary N) is 1. The van der Waals surface area contributed by atoms with Gasteiger partial charge in [-0.2, -0.15) is 0 Å². The summed E-state index contributed by atoms with van der Waals surface area (Å²) in [6.45, 7) is 0. The third-order valence-electron chi connectivity index (χ3n) is 2.76. The van der Waals surface area contributed by atoms with E-state index in [4.69, 9.17) is 33.4 Å². The van der Waals surface area contributed by atoms with Gasteiger partial charge >= 0.3 is 0 Å². The number of carbonyl (C=O) groups is 1. The van der Waals surface area contributed by atoms with Crippen molar-refractivity contribution in [3.8, 4) is 0 Å². The summed E-state index contributed by atoms with van der Waals surface area (Å²) in [5.41, 5.74) is 6.94. The first-order valence-corrected chi connectivity index (χ1v) is 6.56. The van der Waals surface area contributed by atoms with Crippen LogP contribution >= 0.6 is 23.2 Å². The number of halogens is 2. The SMILES string of the molecule is Nc1ccc2oc(C(=O)Nc3c(Cl)ncnc3Cl)cc2c1. The van der Waals surface area contributed by atoms with Gasteiger partial charge in [-0.3, -0.25) is 4.79 Å². The van der Waals surface area contributed by atoms with Crippen molar-refractivity contribution in [2.24, 2.45) is 0 Å². The molecule has 0 saturated carbocycles. The highest BCUT2D eigenvalue weighted by Gasteiger charge is 2.17. The molecule has 1 amide bonds. The van der Waals surface area contributed by atoms with Gasteiger partial charge in [-0.1, -0.05) is 23.2 Å². The molecule has 0 spiro atoms. The normalized spacial score (nSPS) is 10.8. The van der Waals surface area contributed by atoms with Gasteiger partial charge < -0.3 is 15.5 Å². The van der Waals surface area contributed by atoms with E-state index in [1.54, 1.807) is 24.3 Å².